The van der Waals surface area contributed by atoms with Crippen LogP contribution in [0.15, 0.2) is 35.4 Å². The summed E-state index contributed by atoms with van der Waals surface area (Å²) in [7, 11) is -3.37. The number of benzene rings is 1. The van der Waals surface area contributed by atoms with Crippen LogP contribution in [-0.4, -0.2) is 49.7 Å². The van der Waals surface area contributed by atoms with Crippen LogP contribution >= 0.6 is 11.3 Å². The molecule has 1 fully saturated rings. The van der Waals surface area contributed by atoms with E-state index in [1.807, 2.05) is 18.7 Å². The maximum Gasteiger partial charge on any atom is 0.204 e. The van der Waals surface area contributed by atoms with Crippen LogP contribution in [0.3, 0.4) is 0 Å². The molecule has 1 aromatic heterocycles. The third kappa shape index (κ3) is 3.61. The van der Waals surface area contributed by atoms with Gasteiger partial charge < -0.3 is 10.0 Å². The number of hydrogen-bond donors (Lipinski definition) is 1. The molecule has 1 saturated heterocycles. The van der Waals surface area contributed by atoms with Gasteiger partial charge in [0.2, 0.25) is 5.78 Å². The van der Waals surface area contributed by atoms with E-state index in [1.54, 1.807) is 12.1 Å². The van der Waals surface area contributed by atoms with E-state index < -0.39 is 15.9 Å². The molecule has 25 heavy (non-hydrogen) atoms. The Morgan fingerprint density at radius 2 is 2.12 bits per heavy atom. The molecule has 0 saturated carbocycles. The molecule has 0 bridgehead atoms. The minimum absolute atomic E-state index is 0.118. The molecule has 0 radical (unpaired) electrons. The van der Waals surface area contributed by atoms with Crippen molar-refractivity contribution in [2.75, 3.05) is 24.2 Å². The second-order valence-corrected chi connectivity index (χ2v) is 10.0. The van der Waals surface area contributed by atoms with Gasteiger partial charge >= 0.3 is 0 Å². The molecule has 3 rings (SSSR count). The van der Waals surface area contributed by atoms with Crippen molar-refractivity contribution in [1.82, 2.24) is 4.98 Å². The molecular formula is C17H20N2O4S2. The van der Waals surface area contributed by atoms with E-state index in [1.165, 1.54) is 29.7 Å². The van der Waals surface area contributed by atoms with Gasteiger partial charge in [0.1, 0.15) is 0 Å². The minimum Gasteiger partial charge on any atom is -0.391 e. The standard InChI is InChI=1S/C17H20N2O4S2/c1-17(2)10-19(9-14(17)20)16-18-8-13(24-16)15(21)11-5-4-6-12(7-11)25(3,22)23/h4-8,14,20H,9-10H2,1-3H3. The fourth-order valence-electron chi connectivity index (χ4n) is 2.79. The summed E-state index contributed by atoms with van der Waals surface area (Å²) in [5.74, 6) is -0.256. The van der Waals surface area contributed by atoms with Gasteiger partial charge in [0, 0.05) is 30.3 Å². The van der Waals surface area contributed by atoms with Crippen LogP contribution in [0.4, 0.5) is 5.13 Å². The lowest BCUT2D eigenvalue weighted by atomic mass is 9.90. The highest BCUT2D eigenvalue weighted by Gasteiger charge is 2.39. The van der Waals surface area contributed by atoms with E-state index in [-0.39, 0.29) is 16.1 Å². The second-order valence-electron chi connectivity index (χ2n) is 7.02. The van der Waals surface area contributed by atoms with Gasteiger partial charge in [0.25, 0.3) is 0 Å². The number of rotatable bonds is 4. The number of β-amino-alcohol motifs (C(OH)–C–C–N with tert-alkyl or cyclic N) is 1. The smallest absolute Gasteiger partial charge is 0.204 e. The monoisotopic (exact) mass is 380 g/mol. The number of ketones is 1. The first-order chi connectivity index (χ1) is 11.6. The average Bonchev–Trinajstić information content (AvgIpc) is 3.11. The van der Waals surface area contributed by atoms with Crippen molar-refractivity contribution >= 4 is 32.1 Å². The van der Waals surface area contributed by atoms with E-state index in [4.69, 9.17) is 0 Å². The molecule has 1 aliphatic heterocycles. The van der Waals surface area contributed by atoms with Crippen molar-refractivity contribution in [2.45, 2.75) is 24.8 Å². The molecule has 2 heterocycles. The highest BCUT2D eigenvalue weighted by atomic mass is 32.2. The predicted molar refractivity (Wildman–Crippen MR) is 97.1 cm³/mol. The first kappa shape index (κ1) is 18.0. The quantitative estimate of drug-likeness (QED) is 0.816. The van der Waals surface area contributed by atoms with Crippen molar-refractivity contribution in [2.24, 2.45) is 5.41 Å². The average molecular weight is 380 g/mol. The fourth-order valence-corrected chi connectivity index (χ4v) is 4.34. The predicted octanol–water partition coefficient (Wildman–Crippen LogP) is 1.98. The summed E-state index contributed by atoms with van der Waals surface area (Å²) in [6.07, 6.45) is 2.18. The normalized spacial score (nSPS) is 20.0. The number of hydrogen-bond acceptors (Lipinski definition) is 7. The van der Waals surface area contributed by atoms with Crippen LogP contribution in [0.5, 0.6) is 0 Å². The Labute approximate surface area is 151 Å². The summed E-state index contributed by atoms with van der Waals surface area (Å²) in [5, 5.41) is 10.8. The molecule has 1 N–H and O–H groups in total. The number of carbonyl (C=O) groups excluding carboxylic acids is 1. The summed E-state index contributed by atoms with van der Waals surface area (Å²) in [5.41, 5.74) is 0.0968. The number of carbonyl (C=O) groups is 1. The Bertz CT molecular complexity index is 918. The summed E-state index contributed by atoms with van der Waals surface area (Å²) in [6, 6.07) is 6.02. The number of aliphatic hydroxyl groups excluding tert-OH is 1. The topological polar surface area (TPSA) is 87.6 Å². The van der Waals surface area contributed by atoms with E-state index in [0.717, 1.165) is 6.26 Å². The van der Waals surface area contributed by atoms with Crippen LogP contribution in [0.2, 0.25) is 0 Å². The van der Waals surface area contributed by atoms with Crippen molar-refractivity contribution in [3.8, 4) is 0 Å². The van der Waals surface area contributed by atoms with E-state index in [9.17, 15) is 18.3 Å². The molecule has 8 heteroatoms. The second kappa shape index (κ2) is 6.19. The lowest BCUT2D eigenvalue weighted by Gasteiger charge is -2.20. The molecule has 1 aromatic carbocycles. The molecule has 1 atom stereocenters. The molecule has 134 valence electrons. The highest BCUT2D eigenvalue weighted by Crippen LogP contribution is 2.35. The van der Waals surface area contributed by atoms with E-state index >= 15 is 0 Å². The highest BCUT2D eigenvalue weighted by molar-refractivity contribution is 7.90. The van der Waals surface area contributed by atoms with Gasteiger partial charge in [-0.3, -0.25) is 4.79 Å². The van der Waals surface area contributed by atoms with Crippen LogP contribution in [0.25, 0.3) is 0 Å². The number of aromatic nitrogens is 1. The molecule has 2 aromatic rings. The van der Waals surface area contributed by atoms with E-state index in [0.29, 0.717) is 28.7 Å². The molecule has 0 spiro atoms. The number of nitrogens with zero attached hydrogens (tertiary/aromatic N) is 2. The van der Waals surface area contributed by atoms with Gasteiger partial charge in [-0.2, -0.15) is 0 Å². The zero-order valence-corrected chi connectivity index (χ0v) is 15.9. The molecule has 0 aliphatic carbocycles. The van der Waals surface area contributed by atoms with Gasteiger partial charge in [-0.05, 0) is 12.1 Å². The Morgan fingerprint density at radius 3 is 2.72 bits per heavy atom. The molecule has 1 unspecified atom stereocenters. The number of anilines is 1. The van der Waals surface area contributed by atoms with Gasteiger partial charge in [-0.25, -0.2) is 13.4 Å². The summed E-state index contributed by atoms with van der Waals surface area (Å²) < 4.78 is 23.3. The van der Waals surface area contributed by atoms with Crippen LogP contribution in [0, 0.1) is 5.41 Å². The zero-order valence-electron chi connectivity index (χ0n) is 14.3. The van der Waals surface area contributed by atoms with Gasteiger partial charge in [-0.15, -0.1) is 0 Å². The van der Waals surface area contributed by atoms with Crippen LogP contribution in [-0.2, 0) is 9.84 Å². The van der Waals surface area contributed by atoms with Crippen LogP contribution in [0.1, 0.15) is 29.1 Å². The molecule has 1 aliphatic rings. The van der Waals surface area contributed by atoms with Crippen molar-refractivity contribution in [3.05, 3.63) is 40.9 Å². The Balaban J connectivity index is 1.85. The van der Waals surface area contributed by atoms with Gasteiger partial charge in [0.15, 0.2) is 15.0 Å². The molecular weight excluding hydrogens is 360 g/mol. The largest absolute Gasteiger partial charge is 0.391 e. The van der Waals surface area contributed by atoms with Crippen molar-refractivity contribution < 1.29 is 18.3 Å². The number of aliphatic hydroxyl groups is 1. The zero-order chi connectivity index (χ0) is 18.4. The lowest BCUT2D eigenvalue weighted by Crippen LogP contribution is -2.26. The summed E-state index contributed by atoms with van der Waals surface area (Å²) in [4.78, 5) is 19.5. The fraction of sp³-hybridized carbons (Fsp3) is 0.412. The maximum absolute atomic E-state index is 12.7. The first-order valence-corrected chi connectivity index (χ1v) is 10.5. The Kier molecular flexibility index (Phi) is 4.47. The van der Waals surface area contributed by atoms with Crippen molar-refractivity contribution in [1.29, 1.82) is 0 Å². The van der Waals surface area contributed by atoms with E-state index in [2.05, 4.69) is 4.98 Å². The minimum atomic E-state index is -3.37. The Morgan fingerprint density at radius 1 is 1.40 bits per heavy atom. The van der Waals surface area contributed by atoms with Crippen molar-refractivity contribution in [3.63, 3.8) is 0 Å². The lowest BCUT2D eigenvalue weighted by molar-refractivity contribution is 0.0964. The van der Waals surface area contributed by atoms with Gasteiger partial charge in [0.05, 0.1) is 22.1 Å². The number of sulfone groups is 1. The van der Waals surface area contributed by atoms with Gasteiger partial charge in [-0.1, -0.05) is 37.3 Å². The van der Waals surface area contributed by atoms with Crippen LogP contribution < -0.4 is 4.90 Å². The summed E-state index contributed by atoms with van der Waals surface area (Å²) >= 11 is 1.25. The third-order valence-electron chi connectivity index (χ3n) is 4.41. The molecule has 6 nitrogen and oxygen atoms in total. The Hall–Kier alpha value is -1.77. The summed E-state index contributed by atoms with van der Waals surface area (Å²) in [6.45, 7) is 5.14. The third-order valence-corrected chi connectivity index (χ3v) is 6.57. The number of thiazole rings is 1. The molecule has 0 amide bonds. The SMILES string of the molecule is CC1(C)CN(c2ncc(C(=O)c3cccc(S(C)(=O)=O)c3)s2)CC1O. The first-order valence-electron chi connectivity index (χ1n) is 7.81. The maximum atomic E-state index is 12.7.